The van der Waals surface area contributed by atoms with Crippen LogP contribution in [-0.4, -0.2) is 59.2 Å². The normalized spacial score (nSPS) is 21.3. The van der Waals surface area contributed by atoms with Gasteiger partial charge in [-0.15, -0.1) is 0 Å². The van der Waals surface area contributed by atoms with Crippen LogP contribution in [0.2, 0.25) is 0 Å². The number of aryl methyl sites for hydroxylation is 2. The van der Waals surface area contributed by atoms with Gasteiger partial charge >= 0.3 is 0 Å². The number of ketones is 2. The van der Waals surface area contributed by atoms with Gasteiger partial charge in [-0.05, 0) is 77.4 Å². The molecule has 9 nitrogen and oxygen atoms in total. The van der Waals surface area contributed by atoms with Crippen molar-refractivity contribution in [3.63, 3.8) is 0 Å². The van der Waals surface area contributed by atoms with E-state index in [1.54, 1.807) is 28.9 Å². The molecule has 0 spiro atoms. The summed E-state index contributed by atoms with van der Waals surface area (Å²) in [4.78, 5) is 54.3. The Morgan fingerprint density at radius 3 is 2.54 bits per heavy atom. The highest BCUT2D eigenvalue weighted by molar-refractivity contribution is 9.10. The smallest absolute Gasteiger partial charge is 0.245 e. The molecule has 2 aliphatic rings. The summed E-state index contributed by atoms with van der Waals surface area (Å²) in [5, 5.41) is 5.16. The van der Waals surface area contributed by atoms with Gasteiger partial charge in [0.15, 0.2) is 17.4 Å². The van der Waals surface area contributed by atoms with Crippen LogP contribution in [-0.2, 0) is 22.6 Å². The van der Waals surface area contributed by atoms with Crippen LogP contribution >= 0.6 is 15.9 Å². The van der Waals surface area contributed by atoms with E-state index < -0.39 is 11.9 Å². The third kappa shape index (κ3) is 4.86. The SMILES string of the molecule is CC(=O)c1nn(CC(=O)N2[C@H](C(=O)Cc3nc(Br)c(F)cc3C)C[C@@]3(C)C[C@@H]23)c2ccc(-c3cnc(C)nc3)cc12. The van der Waals surface area contributed by atoms with E-state index in [1.807, 2.05) is 25.1 Å². The van der Waals surface area contributed by atoms with Crippen LogP contribution in [0.5, 0.6) is 0 Å². The minimum Gasteiger partial charge on any atom is -0.327 e. The van der Waals surface area contributed by atoms with Crippen molar-refractivity contribution in [3.05, 3.63) is 69.9 Å². The van der Waals surface area contributed by atoms with Gasteiger partial charge in [-0.25, -0.2) is 19.3 Å². The molecule has 0 radical (unpaired) electrons. The number of hydrogen-bond donors (Lipinski definition) is 0. The maximum atomic E-state index is 13.9. The van der Waals surface area contributed by atoms with Gasteiger partial charge < -0.3 is 4.90 Å². The molecule has 1 amide bonds. The van der Waals surface area contributed by atoms with Crippen LogP contribution in [0.3, 0.4) is 0 Å². The van der Waals surface area contributed by atoms with Gasteiger partial charge in [-0.1, -0.05) is 13.0 Å². The van der Waals surface area contributed by atoms with Crippen molar-refractivity contribution in [2.75, 3.05) is 0 Å². The van der Waals surface area contributed by atoms with Crippen molar-refractivity contribution in [1.82, 2.24) is 29.6 Å². The fraction of sp³-hybridized carbons (Fsp3) is 0.367. The Morgan fingerprint density at radius 2 is 1.83 bits per heavy atom. The highest BCUT2D eigenvalue weighted by atomic mass is 79.9. The standard InChI is InChI=1S/C30H28BrFN6O3/c1-15-7-21(32)29(31)35-22(15)9-25(40)24-10-30(4)11-26(30)38(24)27(41)14-37-23-6-5-18(19-12-33-17(3)34-13-19)8-20(23)28(36-37)16(2)39/h5-8,12-13,24,26H,9-11,14H2,1-4H3/t24-,26+,30-/m0/s1. The van der Waals surface area contributed by atoms with Gasteiger partial charge in [-0.3, -0.25) is 19.1 Å². The van der Waals surface area contributed by atoms with Gasteiger partial charge in [0.05, 0.1) is 23.7 Å². The van der Waals surface area contributed by atoms with E-state index in [0.29, 0.717) is 34.4 Å². The van der Waals surface area contributed by atoms with Gasteiger partial charge in [0.1, 0.15) is 22.7 Å². The van der Waals surface area contributed by atoms with Crippen molar-refractivity contribution in [1.29, 1.82) is 0 Å². The highest BCUT2D eigenvalue weighted by Gasteiger charge is 2.64. The second kappa shape index (κ2) is 9.90. The molecule has 1 aliphatic carbocycles. The topological polar surface area (TPSA) is 111 Å². The molecule has 2 fully saturated rings. The molecule has 4 aromatic rings. The number of Topliss-reactive ketones (excluding diaryl/α,β-unsaturated/α-hetero) is 2. The van der Waals surface area contributed by atoms with Crippen molar-refractivity contribution >= 4 is 44.3 Å². The average molecular weight is 619 g/mol. The molecule has 4 heterocycles. The van der Waals surface area contributed by atoms with Crippen LogP contribution in [0, 0.1) is 25.1 Å². The van der Waals surface area contributed by atoms with Gasteiger partial charge in [0, 0.05) is 36.3 Å². The fourth-order valence-electron chi connectivity index (χ4n) is 5.96. The molecule has 0 bridgehead atoms. The second-order valence-corrected chi connectivity index (χ2v) is 12.1. The van der Waals surface area contributed by atoms with E-state index in [4.69, 9.17) is 0 Å². The monoisotopic (exact) mass is 618 g/mol. The number of benzene rings is 1. The Labute approximate surface area is 244 Å². The van der Waals surface area contributed by atoms with Crippen LogP contribution in [0.4, 0.5) is 4.39 Å². The summed E-state index contributed by atoms with van der Waals surface area (Å²) in [6.45, 7) is 6.96. The molecule has 41 heavy (non-hydrogen) atoms. The zero-order chi connectivity index (χ0) is 29.2. The van der Waals surface area contributed by atoms with E-state index in [2.05, 4.69) is 42.9 Å². The molecule has 11 heteroatoms. The van der Waals surface area contributed by atoms with Crippen molar-refractivity contribution in [2.45, 2.75) is 65.6 Å². The average Bonchev–Trinajstić information content (AvgIpc) is 3.29. The predicted molar refractivity (Wildman–Crippen MR) is 153 cm³/mol. The number of amides is 1. The van der Waals surface area contributed by atoms with Crippen LogP contribution in [0.25, 0.3) is 22.0 Å². The third-order valence-electron chi connectivity index (χ3n) is 8.35. The zero-order valence-electron chi connectivity index (χ0n) is 23.1. The number of pyridine rings is 1. The summed E-state index contributed by atoms with van der Waals surface area (Å²) in [5.41, 5.74) is 3.53. The van der Waals surface area contributed by atoms with E-state index in [-0.39, 0.29) is 52.2 Å². The lowest BCUT2D eigenvalue weighted by molar-refractivity contribution is -0.139. The molecule has 1 aliphatic heterocycles. The maximum Gasteiger partial charge on any atom is 0.245 e. The van der Waals surface area contributed by atoms with E-state index in [1.165, 1.54) is 13.0 Å². The van der Waals surface area contributed by atoms with Crippen molar-refractivity contribution in [3.8, 4) is 11.1 Å². The fourth-order valence-corrected chi connectivity index (χ4v) is 6.28. The number of nitrogens with zero attached hydrogens (tertiary/aromatic N) is 6. The molecule has 3 aromatic heterocycles. The molecule has 1 saturated heterocycles. The molecule has 6 rings (SSSR count). The lowest BCUT2D eigenvalue weighted by Crippen LogP contribution is -2.45. The summed E-state index contributed by atoms with van der Waals surface area (Å²) in [5.74, 6) is -0.389. The lowest BCUT2D eigenvalue weighted by Gasteiger charge is -2.27. The third-order valence-corrected chi connectivity index (χ3v) is 8.90. The van der Waals surface area contributed by atoms with Crippen molar-refractivity contribution < 1.29 is 18.8 Å². The first-order valence-corrected chi connectivity index (χ1v) is 14.2. The summed E-state index contributed by atoms with van der Waals surface area (Å²) in [6.07, 6.45) is 4.87. The predicted octanol–water partition coefficient (Wildman–Crippen LogP) is 4.80. The number of carbonyl (C=O) groups is 3. The number of rotatable bonds is 7. The van der Waals surface area contributed by atoms with E-state index in [0.717, 1.165) is 17.5 Å². The summed E-state index contributed by atoms with van der Waals surface area (Å²) in [6, 6.07) is 6.32. The Kier molecular flexibility index (Phi) is 6.60. The second-order valence-electron chi connectivity index (χ2n) is 11.4. The number of halogens is 2. The Hall–Kier alpha value is -3.86. The number of carbonyl (C=O) groups excluding carboxylic acids is 3. The summed E-state index contributed by atoms with van der Waals surface area (Å²) in [7, 11) is 0. The number of aromatic nitrogens is 5. The molecule has 3 atom stereocenters. The first kappa shape index (κ1) is 27.3. The first-order valence-electron chi connectivity index (χ1n) is 13.4. The van der Waals surface area contributed by atoms with E-state index in [9.17, 15) is 18.8 Å². The van der Waals surface area contributed by atoms with Crippen LogP contribution in [0.1, 0.15) is 54.3 Å². The molecule has 210 valence electrons. The number of piperidine rings is 1. The number of likely N-dealkylation sites (tertiary alicyclic amines) is 1. The highest BCUT2D eigenvalue weighted by Crippen LogP contribution is 2.59. The zero-order valence-corrected chi connectivity index (χ0v) is 24.7. The molecule has 1 saturated carbocycles. The first-order chi connectivity index (χ1) is 19.4. The van der Waals surface area contributed by atoms with Crippen molar-refractivity contribution in [2.24, 2.45) is 5.41 Å². The van der Waals surface area contributed by atoms with Crippen LogP contribution < -0.4 is 0 Å². The number of hydrogen-bond acceptors (Lipinski definition) is 7. The quantitative estimate of drug-likeness (QED) is 0.216. The Bertz CT molecular complexity index is 1750. The largest absolute Gasteiger partial charge is 0.327 e. The van der Waals surface area contributed by atoms with E-state index >= 15 is 0 Å². The minimum absolute atomic E-state index is 0.00659. The van der Waals surface area contributed by atoms with Gasteiger partial charge in [0.2, 0.25) is 5.91 Å². The number of fused-ring (bicyclic) bond motifs is 2. The molecular formula is C30H28BrFN6O3. The summed E-state index contributed by atoms with van der Waals surface area (Å²) < 4.78 is 15.5. The molecule has 0 N–H and O–H groups in total. The maximum absolute atomic E-state index is 13.9. The lowest BCUT2D eigenvalue weighted by atomic mass is 9.96. The van der Waals surface area contributed by atoms with Crippen LogP contribution in [0.15, 0.2) is 41.3 Å². The minimum atomic E-state index is -0.599. The summed E-state index contributed by atoms with van der Waals surface area (Å²) >= 11 is 3.10. The Balaban J connectivity index is 1.28. The van der Waals surface area contributed by atoms with Gasteiger partial charge in [0.25, 0.3) is 0 Å². The Morgan fingerprint density at radius 1 is 1.10 bits per heavy atom. The molecule has 0 unspecified atom stereocenters. The molecule has 1 aromatic carbocycles. The van der Waals surface area contributed by atoms with Gasteiger partial charge in [-0.2, -0.15) is 5.10 Å². The molecular weight excluding hydrogens is 591 g/mol.